The highest BCUT2D eigenvalue weighted by Gasteiger charge is 2.02. The first-order chi connectivity index (χ1) is 9.08. The molecule has 0 saturated heterocycles. The topological polar surface area (TPSA) is 12.0 Å². The van der Waals surface area contributed by atoms with Crippen molar-refractivity contribution in [1.82, 2.24) is 5.32 Å². The molecule has 0 spiro atoms. The molecular weight excluding hydrogens is 250 g/mol. The van der Waals surface area contributed by atoms with Gasteiger partial charge in [0.15, 0.2) is 0 Å². The maximum absolute atomic E-state index is 3.61. The first-order valence-electron chi connectivity index (χ1n) is 7.44. The summed E-state index contributed by atoms with van der Waals surface area (Å²) in [6.07, 6.45) is 2.62. The van der Waals surface area contributed by atoms with Crippen molar-refractivity contribution < 1.29 is 0 Å². The first-order valence-corrected chi connectivity index (χ1v) is 8.60. The molecule has 108 valence electrons. The second-order valence-corrected chi connectivity index (χ2v) is 6.97. The standard InChI is InChI=1S/C17H29NS/c1-14(2)8-9-16(4)18-10-11-19-13-17-7-5-6-15(3)12-17/h5-7,12,14,16,18H,8-11,13H2,1-4H3. The lowest BCUT2D eigenvalue weighted by atomic mass is 10.0. The summed E-state index contributed by atoms with van der Waals surface area (Å²) in [4.78, 5) is 0. The summed E-state index contributed by atoms with van der Waals surface area (Å²) < 4.78 is 0. The van der Waals surface area contributed by atoms with E-state index >= 15 is 0 Å². The van der Waals surface area contributed by atoms with Crippen molar-refractivity contribution in [1.29, 1.82) is 0 Å². The molecule has 0 aliphatic heterocycles. The molecule has 0 fully saturated rings. The summed E-state index contributed by atoms with van der Waals surface area (Å²) in [6.45, 7) is 10.2. The van der Waals surface area contributed by atoms with Gasteiger partial charge in [0.1, 0.15) is 0 Å². The van der Waals surface area contributed by atoms with E-state index in [2.05, 4.69) is 57.3 Å². The van der Waals surface area contributed by atoms with E-state index in [4.69, 9.17) is 0 Å². The van der Waals surface area contributed by atoms with Crippen molar-refractivity contribution in [2.45, 2.75) is 52.3 Å². The number of benzene rings is 1. The van der Waals surface area contributed by atoms with E-state index in [0.717, 1.165) is 18.2 Å². The van der Waals surface area contributed by atoms with Gasteiger partial charge < -0.3 is 5.32 Å². The Balaban J connectivity index is 2.05. The molecule has 1 atom stereocenters. The van der Waals surface area contributed by atoms with E-state index in [1.165, 1.54) is 29.7 Å². The molecule has 2 heteroatoms. The molecule has 0 aromatic heterocycles. The van der Waals surface area contributed by atoms with E-state index in [-0.39, 0.29) is 0 Å². The quantitative estimate of drug-likeness (QED) is 0.661. The minimum atomic E-state index is 0.655. The molecule has 0 radical (unpaired) electrons. The third-order valence-corrected chi connectivity index (χ3v) is 4.30. The van der Waals surface area contributed by atoms with Crippen LogP contribution in [0.2, 0.25) is 0 Å². The van der Waals surface area contributed by atoms with Crippen molar-refractivity contribution in [3.05, 3.63) is 35.4 Å². The summed E-state index contributed by atoms with van der Waals surface area (Å²) in [5.41, 5.74) is 2.80. The predicted molar refractivity (Wildman–Crippen MR) is 88.9 cm³/mol. The van der Waals surface area contributed by atoms with Crippen molar-refractivity contribution in [2.24, 2.45) is 5.92 Å². The monoisotopic (exact) mass is 279 g/mol. The Morgan fingerprint density at radius 2 is 1.95 bits per heavy atom. The SMILES string of the molecule is Cc1cccc(CSCCNC(C)CCC(C)C)c1. The lowest BCUT2D eigenvalue weighted by Crippen LogP contribution is -2.28. The van der Waals surface area contributed by atoms with Crippen LogP contribution in [0.25, 0.3) is 0 Å². The lowest BCUT2D eigenvalue weighted by molar-refractivity contribution is 0.460. The van der Waals surface area contributed by atoms with Gasteiger partial charge in [0, 0.05) is 24.1 Å². The van der Waals surface area contributed by atoms with Gasteiger partial charge in [0.25, 0.3) is 0 Å². The zero-order chi connectivity index (χ0) is 14.1. The fraction of sp³-hybridized carbons (Fsp3) is 0.647. The highest BCUT2D eigenvalue weighted by atomic mass is 32.2. The van der Waals surface area contributed by atoms with E-state index in [1.54, 1.807) is 0 Å². The third-order valence-electron chi connectivity index (χ3n) is 3.27. The van der Waals surface area contributed by atoms with Crippen molar-refractivity contribution >= 4 is 11.8 Å². The van der Waals surface area contributed by atoms with Crippen LogP contribution in [0.1, 0.15) is 44.7 Å². The Hall–Kier alpha value is -0.470. The Morgan fingerprint density at radius 1 is 1.16 bits per heavy atom. The van der Waals surface area contributed by atoms with E-state index in [0.29, 0.717) is 6.04 Å². The van der Waals surface area contributed by atoms with Gasteiger partial charge in [0.2, 0.25) is 0 Å². The van der Waals surface area contributed by atoms with Gasteiger partial charge in [-0.15, -0.1) is 0 Å². The molecule has 0 amide bonds. The highest BCUT2D eigenvalue weighted by Crippen LogP contribution is 2.13. The molecule has 1 rings (SSSR count). The Kier molecular flexibility index (Phi) is 8.24. The molecule has 1 nitrogen and oxygen atoms in total. The lowest BCUT2D eigenvalue weighted by Gasteiger charge is -2.14. The molecule has 1 unspecified atom stereocenters. The normalized spacial score (nSPS) is 12.9. The van der Waals surface area contributed by atoms with Crippen LogP contribution in [0.5, 0.6) is 0 Å². The summed E-state index contributed by atoms with van der Waals surface area (Å²) in [5.74, 6) is 3.14. The Labute approximate surface area is 123 Å². The third kappa shape index (κ3) is 8.33. The molecule has 1 aromatic rings. The van der Waals surface area contributed by atoms with Crippen LogP contribution >= 0.6 is 11.8 Å². The smallest absolute Gasteiger partial charge is 0.0185 e. The number of hydrogen-bond donors (Lipinski definition) is 1. The molecule has 19 heavy (non-hydrogen) atoms. The van der Waals surface area contributed by atoms with Crippen molar-refractivity contribution in [3.8, 4) is 0 Å². The van der Waals surface area contributed by atoms with Crippen molar-refractivity contribution in [3.63, 3.8) is 0 Å². The summed E-state index contributed by atoms with van der Waals surface area (Å²) in [5, 5.41) is 3.61. The van der Waals surface area contributed by atoms with Crippen molar-refractivity contribution in [2.75, 3.05) is 12.3 Å². The highest BCUT2D eigenvalue weighted by molar-refractivity contribution is 7.98. The molecule has 0 heterocycles. The van der Waals surface area contributed by atoms with E-state index in [1.807, 2.05) is 11.8 Å². The van der Waals surface area contributed by atoms with Gasteiger partial charge in [-0.3, -0.25) is 0 Å². The van der Waals surface area contributed by atoms with Crippen LogP contribution in [0.4, 0.5) is 0 Å². The van der Waals surface area contributed by atoms with Crippen LogP contribution in [-0.4, -0.2) is 18.3 Å². The largest absolute Gasteiger partial charge is 0.313 e. The van der Waals surface area contributed by atoms with Gasteiger partial charge >= 0.3 is 0 Å². The molecule has 0 aliphatic rings. The Bertz CT molecular complexity index is 349. The molecule has 1 aromatic carbocycles. The minimum absolute atomic E-state index is 0.655. The second-order valence-electron chi connectivity index (χ2n) is 5.87. The maximum atomic E-state index is 3.61. The summed E-state index contributed by atoms with van der Waals surface area (Å²) in [7, 11) is 0. The Morgan fingerprint density at radius 3 is 2.63 bits per heavy atom. The molecule has 0 aliphatic carbocycles. The average molecular weight is 279 g/mol. The molecule has 1 N–H and O–H groups in total. The number of thioether (sulfide) groups is 1. The summed E-state index contributed by atoms with van der Waals surface area (Å²) in [6, 6.07) is 9.47. The second kappa shape index (κ2) is 9.44. The van der Waals surface area contributed by atoms with Gasteiger partial charge in [-0.2, -0.15) is 11.8 Å². The molecular formula is C17H29NS. The van der Waals surface area contributed by atoms with Gasteiger partial charge in [-0.05, 0) is 38.2 Å². The molecule has 0 saturated carbocycles. The van der Waals surface area contributed by atoms with Crippen LogP contribution in [0, 0.1) is 12.8 Å². The van der Waals surface area contributed by atoms with Crippen LogP contribution < -0.4 is 5.32 Å². The number of hydrogen-bond acceptors (Lipinski definition) is 2. The number of aryl methyl sites for hydroxylation is 1. The average Bonchev–Trinajstić information content (AvgIpc) is 2.36. The van der Waals surface area contributed by atoms with E-state index < -0.39 is 0 Å². The van der Waals surface area contributed by atoms with Crippen LogP contribution in [0.15, 0.2) is 24.3 Å². The van der Waals surface area contributed by atoms with Gasteiger partial charge in [-0.1, -0.05) is 43.7 Å². The van der Waals surface area contributed by atoms with Gasteiger partial charge in [-0.25, -0.2) is 0 Å². The summed E-state index contributed by atoms with van der Waals surface area (Å²) >= 11 is 2.02. The minimum Gasteiger partial charge on any atom is -0.313 e. The number of rotatable bonds is 9. The zero-order valence-electron chi connectivity index (χ0n) is 12.9. The maximum Gasteiger partial charge on any atom is 0.0185 e. The zero-order valence-corrected chi connectivity index (χ0v) is 13.7. The first kappa shape index (κ1) is 16.6. The predicted octanol–water partition coefficient (Wildman–Crippen LogP) is 4.64. The fourth-order valence-corrected chi connectivity index (χ4v) is 2.88. The van der Waals surface area contributed by atoms with Gasteiger partial charge in [0.05, 0.1) is 0 Å². The number of nitrogens with one attached hydrogen (secondary N) is 1. The van der Waals surface area contributed by atoms with Crippen LogP contribution in [0.3, 0.4) is 0 Å². The fourth-order valence-electron chi connectivity index (χ4n) is 2.05. The van der Waals surface area contributed by atoms with E-state index in [9.17, 15) is 0 Å². The molecule has 0 bridgehead atoms. The van der Waals surface area contributed by atoms with Crippen LogP contribution in [-0.2, 0) is 5.75 Å².